The van der Waals surface area contributed by atoms with Gasteiger partial charge in [0.05, 0.1) is 50.9 Å². The van der Waals surface area contributed by atoms with Gasteiger partial charge in [-0.05, 0) is 245 Å². The Hall–Kier alpha value is -14.8. The molecule has 2 heterocycles. The summed E-state index contributed by atoms with van der Waals surface area (Å²) in [6.45, 7) is 8.54. The fourth-order valence-electron chi connectivity index (χ4n) is 17.6. The number of hydrogen-bond donors (Lipinski definition) is 0. The van der Waals surface area contributed by atoms with Gasteiger partial charge in [-0.1, -0.05) is 331 Å². The highest BCUT2D eigenvalue weighted by Crippen LogP contribution is 2.54. The van der Waals surface area contributed by atoms with Crippen molar-refractivity contribution in [1.82, 2.24) is 9.13 Å². The fraction of sp³-hybridized carbons (Fsp3) is 0.0526. The van der Waals surface area contributed by atoms with Crippen LogP contribution in [-0.4, -0.2) is 9.13 Å². The second-order valence-electron chi connectivity index (χ2n) is 30.7. The van der Waals surface area contributed by atoms with Crippen LogP contribution in [0.2, 0.25) is 0 Å². The predicted molar refractivity (Wildman–Crippen MR) is 499 cm³/mol. The van der Waals surface area contributed by atoms with Crippen LogP contribution >= 0.6 is 0 Å². The zero-order chi connectivity index (χ0) is 97.3. The van der Waals surface area contributed by atoms with Crippen molar-refractivity contribution in [3.05, 3.63) is 459 Å². The Balaban J connectivity index is 0.000000168. The molecule has 2 aliphatic carbocycles. The standard InChI is InChI=1S/2C57H42N2/c2*1-57(2)53-26-13-11-24-49(53)50-34-33-46(38-54(50)57)58(44-31-28-40(29-32-44)48-23-10-9-22-47(48)39-16-5-3-6-17-39)45-21-15-18-41(36-45)42-30-35-56-52(37-42)51-25-12-14-27-55(51)59(56)43-19-7-4-8-20-43/h2*3-38H,1-2H3/i3D,5D,6D,9D,10D,15D,16D,17D,18D,21D,22D,23D,28D,29D,31D,32D,36D;15D,18D,21D,36D. The van der Waals surface area contributed by atoms with E-state index in [1.165, 1.54) is 16.0 Å². The summed E-state index contributed by atoms with van der Waals surface area (Å²) in [7, 11) is 0. The molecular formula is C114H84N4. The van der Waals surface area contributed by atoms with Gasteiger partial charge >= 0.3 is 0 Å². The Morgan fingerprint density at radius 1 is 0.212 bits per heavy atom. The molecular weight excluding hydrogens is 1430 g/mol. The van der Waals surface area contributed by atoms with Crippen LogP contribution in [0, 0.1) is 0 Å². The summed E-state index contributed by atoms with van der Waals surface area (Å²) in [5.74, 6) is 0. The van der Waals surface area contributed by atoms with Crippen molar-refractivity contribution in [1.29, 1.82) is 0 Å². The number of rotatable bonds is 14. The number of anilines is 6. The Morgan fingerprint density at radius 2 is 0.576 bits per heavy atom. The monoisotopic (exact) mass is 1530 g/mol. The third-order valence-electron chi connectivity index (χ3n) is 23.2. The first kappa shape index (κ1) is 51.8. The maximum atomic E-state index is 10.1. The van der Waals surface area contributed by atoms with Crippen LogP contribution in [0.1, 0.15) is 78.7 Å². The number of aromatic nitrogens is 2. The van der Waals surface area contributed by atoms with E-state index in [1.807, 2.05) is 176 Å². The summed E-state index contributed by atoms with van der Waals surface area (Å²) >= 11 is 0. The number of hydrogen-bond acceptors (Lipinski definition) is 2. The maximum Gasteiger partial charge on any atom is 0.0651 e. The molecule has 560 valence electrons. The summed E-state index contributed by atoms with van der Waals surface area (Å²) in [6.07, 6.45) is 0. The highest BCUT2D eigenvalue weighted by Gasteiger charge is 2.38. The lowest BCUT2D eigenvalue weighted by Crippen LogP contribution is -2.16. The van der Waals surface area contributed by atoms with Crippen LogP contribution < -0.4 is 9.80 Å². The summed E-state index contributed by atoms with van der Waals surface area (Å²) < 4.78 is 199. The molecule has 0 bridgehead atoms. The highest BCUT2D eigenvalue weighted by atomic mass is 15.1. The van der Waals surface area contributed by atoms with Crippen LogP contribution in [0.15, 0.2) is 436 Å². The number of para-hydroxylation sites is 4. The molecule has 20 aromatic rings. The summed E-state index contributed by atoms with van der Waals surface area (Å²) in [4.78, 5) is 3.17. The molecule has 4 nitrogen and oxygen atoms in total. The molecule has 2 aliphatic rings. The van der Waals surface area contributed by atoms with Crippen LogP contribution in [0.5, 0.6) is 0 Å². The zero-order valence-corrected chi connectivity index (χ0v) is 64.7. The van der Waals surface area contributed by atoms with Crippen LogP contribution in [-0.2, 0) is 10.8 Å². The van der Waals surface area contributed by atoms with Gasteiger partial charge in [0.15, 0.2) is 0 Å². The van der Waals surface area contributed by atoms with Crippen LogP contribution in [0.3, 0.4) is 0 Å². The minimum absolute atomic E-state index is 0.0219. The van der Waals surface area contributed by atoms with Gasteiger partial charge in [0.2, 0.25) is 0 Å². The molecule has 18 aromatic carbocycles. The van der Waals surface area contributed by atoms with E-state index in [-0.39, 0.29) is 52.2 Å². The van der Waals surface area contributed by atoms with E-state index in [0.717, 1.165) is 122 Å². The van der Waals surface area contributed by atoms with E-state index in [1.54, 1.807) is 18.2 Å². The smallest absolute Gasteiger partial charge is 0.0651 e. The zero-order valence-electron chi connectivity index (χ0n) is 85.7. The van der Waals surface area contributed by atoms with Gasteiger partial charge in [-0.15, -0.1) is 0 Å². The SMILES string of the molecule is [2H]c1c([2H])c(-c2ccc3c(c2)c2ccccc2n3-c2ccccc2)c([2H])c(N(c2ccc(-c3ccccc3-c3ccccc3)cc2)c2ccc3c(c2)C(C)(C)c2ccccc2-3)c1[2H].[2H]c1c([2H])c([2H])c(-c2c([2H])c([2H])c([2H])c([2H])c2-c2c([2H])c([2H])c(N(c3ccc4c(c3)C(C)(C)c3ccccc3-4)c3c([2H])c([2H])c([2H])c(-c4ccc5c(c4)c4ccccc4n5-c4ccccc4)c3[2H])c([2H])c2[2H])c([2H])c1[2H]. The van der Waals surface area contributed by atoms with E-state index in [2.05, 4.69) is 156 Å². The maximum absolute atomic E-state index is 10.1. The van der Waals surface area contributed by atoms with Crippen molar-refractivity contribution in [2.45, 2.75) is 38.5 Å². The molecule has 0 spiro atoms. The van der Waals surface area contributed by atoms with Gasteiger partial charge in [0.1, 0.15) is 0 Å². The molecule has 0 atom stereocenters. The lowest BCUT2D eigenvalue weighted by atomic mass is 9.82. The average Bonchev–Trinajstić information content (AvgIpc) is 1.65. The van der Waals surface area contributed by atoms with E-state index in [9.17, 15) is 16.4 Å². The molecule has 2 aromatic heterocycles. The first-order chi connectivity index (χ1) is 66.8. The van der Waals surface area contributed by atoms with E-state index in [0.29, 0.717) is 16.7 Å². The number of fused-ring (bicyclic) bond motifs is 12. The number of benzene rings is 18. The van der Waals surface area contributed by atoms with Crippen LogP contribution in [0.25, 0.3) is 144 Å². The van der Waals surface area contributed by atoms with Gasteiger partial charge in [-0.25, -0.2) is 0 Å². The molecule has 0 saturated carbocycles. The van der Waals surface area contributed by atoms with Gasteiger partial charge < -0.3 is 18.9 Å². The Kier molecular flexibility index (Phi) is 12.8. The molecule has 118 heavy (non-hydrogen) atoms. The third-order valence-corrected chi connectivity index (χ3v) is 23.2. The molecule has 0 radical (unpaired) electrons. The first-order valence-electron chi connectivity index (χ1n) is 49.8. The van der Waals surface area contributed by atoms with Crippen molar-refractivity contribution in [3.63, 3.8) is 0 Å². The Labute approximate surface area is 719 Å². The molecule has 22 rings (SSSR count). The molecule has 0 amide bonds. The van der Waals surface area contributed by atoms with Crippen molar-refractivity contribution in [2.75, 3.05) is 9.80 Å². The minimum Gasteiger partial charge on any atom is -0.310 e. The Bertz CT molecular complexity index is 8530. The third kappa shape index (κ3) is 12.3. The molecule has 4 heteroatoms. The van der Waals surface area contributed by atoms with Crippen molar-refractivity contribution < 1.29 is 28.8 Å². The van der Waals surface area contributed by atoms with Crippen molar-refractivity contribution in [3.8, 4) is 100 Å². The Morgan fingerprint density at radius 3 is 1.07 bits per heavy atom. The first-order valence-corrected chi connectivity index (χ1v) is 39.3. The second-order valence-corrected chi connectivity index (χ2v) is 30.7. The fourth-order valence-corrected chi connectivity index (χ4v) is 17.6. The topological polar surface area (TPSA) is 16.3 Å². The summed E-state index contributed by atoms with van der Waals surface area (Å²) in [5.41, 5.74) is 17.3. The van der Waals surface area contributed by atoms with E-state index < -0.39 is 136 Å². The molecule has 0 unspecified atom stereocenters. The normalized spacial score (nSPS) is 15.2. The van der Waals surface area contributed by atoms with Crippen molar-refractivity contribution in [2.24, 2.45) is 0 Å². The van der Waals surface area contributed by atoms with E-state index >= 15 is 0 Å². The minimum atomic E-state index is -0.867. The van der Waals surface area contributed by atoms with Crippen LogP contribution in [0.4, 0.5) is 34.1 Å². The predicted octanol–water partition coefficient (Wildman–Crippen LogP) is 31.1. The summed E-state index contributed by atoms with van der Waals surface area (Å²) in [6, 6.07) is 89.3. The van der Waals surface area contributed by atoms with Crippen molar-refractivity contribution >= 4 is 77.7 Å². The van der Waals surface area contributed by atoms with E-state index in [4.69, 9.17) is 12.3 Å². The molecule has 0 saturated heterocycles. The highest BCUT2D eigenvalue weighted by molar-refractivity contribution is 6.12. The quantitative estimate of drug-likeness (QED) is 0.108. The molecule has 0 N–H and O–H groups in total. The lowest BCUT2D eigenvalue weighted by molar-refractivity contribution is 0.660. The van der Waals surface area contributed by atoms with Gasteiger partial charge in [-0.2, -0.15) is 0 Å². The largest absolute Gasteiger partial charge is 0.310 e. The lowest BCUT2D eigenvalue weighted by Gasteiger charge is -2.28. The summed E-state index contributed by atoms with van der Waals surface area (Å²) in [5, 5.41) is 3.68. The molecule has 0 fully saturated rings. The number of nitrogens with zero attached hydrogens (tertiary/aromatic N) is 4. The van der Waals surface area contributed by atoms with Gasteiger partial charge in [0, 0.05) is 77.9 Å². The van der Waals surface area contributed by atoms with Gasteiger partial charge in [0.25, 0.3) is 0 Å². The molecule has 0 aliphatic heterocycles. The second kappa shape index (κ2) is 29.2. The average molecular weight is 1530 g/mol. The van der Waals surface area contributed by atoms with Gasteiger partial charge in [-0.3, -0.25) is 0 Å².